The zero-order valence-corrected chi connectivity index (χ0v) is 10.4. The first-order chi connectivity index (χ1) is 8.20. The Hall–Kier alpha value is -1.29. The predicted molar refractivity (Wildman–Crippen MR) is 63.5 cm³/mol. The number of aryl methyl sites for hydroxylation is 1. The number of hydrogen-bond donors (Lipinski definition) is 0. The number of furan rings is 1. The molecule has 0 N–H and O–H groups in total. The van der Waals surface area contributed by atoms with Crippen LogP contribution < -0.4 is 0 Å². The van der Waals surface area contributed by atoms with Crippen LogP contribution in [0.2, 0.25) is 0 Å². The third kappa shape index (κ3) is 2.88. The van der Waals surface area contributed by atoms with Crippen molar-refractivity contribution in [2.24, 2.45) is 0 Å². The van der Waals surface area contributed by atoms with Gasteiger partial charge in [0.15, 0.2) is 0 Å². The molecule has 1 aliphatic heterocycles. The first-order valence-corrected chi connectivity index (χ1v) is 6.08. The smallest absolute Gasteiger partial charge is 0.323 e. The minimum atomic E-state index is -0.132. The summed E-state index contributed by atoms with van der Waals surface area (Å²) >= 11 is 0. The number of rotatable bonds is 3. The van der Waals surface area contributed by atoms with Gasteiger partial charge in [0.05, 0.1) is 13.7 Å². The summed E-state index contributed by atoms with van der Waals surface area (Å²) in [5, 5.41) is 0. The minimum Gasteiger partial charge on any atom is -0.468 e. The van der Waals surface area contributed by atoms with E-state index in [4.69, 9.17) is 9.15 Å². The van der Waals surface area contributed by atoms with Gasteiger partial charge in [0.1, 0.15) is 17.6 Å². The van der Waals surface area contributed by atoms with E-state index < -0.39 is 0 Å². The average molecular weight is 237 g/mol. The van der Waals surface area contributed by atoms with Crippen molar-refractivity contribution >= 4 is 5.97 Å². The maximum Gasteiger partial charge on any atom is 0.323 e. The normalized spacial score (nSPS) is 21.4. The molecule has 4 heteroatoms. The molecule has 1 saturated heterocycles. The lowest BCUT2D eigenvalue weighted by molar-refractivity contribution is -0.148. The van der Waals surface area contributed by atoms with Gasteiger partial charge in [-0.3, -0.25) is 9.69 Å². The van der Waals surface area contributed by atoms with Gasteiger partial charge in [-0.25, -0.2) is 0 Å². The Balaban J connectivity index is 2.03. The highest BCUT2D eigenvalue weighted by atomic mass is 16.5. The van der Waals surface area contributed by atoms with Crippen molar-refractivity contribution in [3.05, 3.63) is 23.7 Å². The molecule has 4 nitrogen and oxygen atoms in total. The number of piperidine rings is 1. The van der Waals surface area contributed by atoms with E-state index >= 15 is 0 Å². The number of nitrogens with zero attached hydrogens (tertiary/aromatic N) is 1. The molecule has 1 aliphatic rings. The van der Waals surface area contributed by atoms with E-state index in [0.717, 1.165) is 37.3 Å². The minimum absolute atomic E-state index is 0.112. The summed E-state index contributed by atoms with van der Waals surface area (Å²) in [7, 11) is 1.45. The van der Waals surface area contributed by atoms with Gasteiger partial charge in [0.2, 0.25) is 0 Å². The van der Waals surface area contributed by atoms with Crippen molar-refractivity contribution in [2.75, 3.05) is 13.7 Å². The van der Waals surface area contributed by atoms with Crippen molar-refractivity contribution in [1.82, 2.24) is 4.90 Å². The van der Waals surface area contributed by atoms with Crippen LogP contribution in [0.3, 0.4) is 0 Å². The molecule has 0 unspecified atom stereocenters. The summed E-state index contributed by atoms with van der Waals surface area (Å²) in [5.74, 6) is 1.69. The lowest BCUT2D eigenvalue weighted by Gasteiger charge is -2.32. The molecule has 0 amide bonds. The molecule has 17 heavy (non-hydrogen) atoms. The average Bonchev–Trinajstić information content (AvgIpc) is 2.74. The Bertz CT molecular complexity index is 386. The van der Waals surface area contributed by atoms with E-state index in [1.807, 2.05) is 19.1 Å². The molecule has 0 bridgehead atoms. The van der Waals surface area contributed by atoms with Gasteiger partial charge >= 0.3 is 5.97 Å². The van der Waals surface area contributed by atoms with Gasteiger partial charge in [-0.05, 0) is 38.4 Å². The van der Waals surface area contributed by atoms with Gasteiger partial charge < -0.3 is 9.15 Å². The van der Waals surface area contributed by atoms with Crippen molar-refractivity contribution < 1.29 is 13.9 Å². The first kappa shape index (κ1) is 12.2. The number of hydrogen-bond acceptors (Lipinski definition) is 4. The first-order valence-electron chi connectivity index (χ1n) is 6.08. The lowest BCUT2D eigenvalue weighted by Crippen LogP contribution is -2.44. The number of likely N-dealkylation sites (tertiary alicyclic amines) is 1. The van der Waals surface area contributed by atoms with Crippen LogP contribution in [0.15, 0.2) is 16.5 Å². The highest BCUT2D eigenvalue weighted by molar-refractivity contribution is 5.75. The van der Waals surface area contributed by atoms with Crippen LogP contribution in [0.4, 0.5) is 0 Å². The van der Waals surface area contributed by atoms with Gasteiger partial charge in [-0.15, -0.1) is 0 Å². The van der Waals surface area contributed by atoms with Crippen LogP contribution >= 0.6 is 0 Å². The van der Waals surface area contributed by atoms with E-state index in [2.05, 4.69) is 4.90 Å². The predicted octanol–water partition coefficient (Wildman–Crippen LogP) is 2.12. The molecule has 0 saturated carbocycles. The molecule has 1 fully saturated rings. The summed E-state index contributed by atoms with van der Waals surface area (Å²) in [4.78, 5) is 13.8. The quantitative estimate of drug-likeness (QED) is 0.755. The summed E-state index contributed by atoms with van der Waals surface area (Å²) < 4.78 is 10.4. The standard InChI is InChI=1S/C13H19NO3/c1-10-6-7-11(17-10)9-14-8-4-3-5-12(14)13(15)16-2/h6-7,12H,3-5,8-9H2,1-2H3/t12-/m1/s1. The number of carbonyl (C=O) groups is 1. The van der Waals surface area contributed by atoms with Crippen LogP contribution in [0.5, 0.6) is 0 Å². The molecule has 94 valence electrons. The van der Waals surface area contributed by atoms with Gasteiger partial charge in [-0.2, -0.15) is 0 Å². The van der Waals surface area contributed by atoms with E-state index in [1.54, 1.807) is 0 Å². The largest absolute Gasteiger partial charge is 0.468 e. The maximum atomic E-state index is 11.7. The number of carbonyl (C=O) groups excluding carboxylic acids is 1. The molecule has 2 heterocycles. The zero-order chi connectivity index (χ0) is 12.3. The van der Waals surface area contributed by atoms with Crippen molar-refractivity contribution in [1.29, 1.82) is 0 Å². The third-order valence-corrected chi connectivity index (χ3v) is 3.24. The zero-order valence-electron chi connectivity index (χ0n) is 10.4. The second-order valence-electron chi connectivity index (χ2n) is 4.52. The highest BCUT2D eigenvalue weighted by Crippen LogP contribution is 2.21. The van der Waals surface area contributed by atoms with E-state index in [0.29, 0.717) is 6.54 Å². The summed E-state index contributed by atoms with van der Waals surface area (Å²) in [5.41, 5.74) is 0. The number of ether oxygens (including phenoxy) is 1. The van der Waals surface area contributed by atoms with E-state index in [-0.39, 0.29) is 12.0 Å². The van der Waals surface area contributed by atoms with E-state index in [1.165, 1.54) is 7.11 Å². The van der Waals surface area contributed by atoms with Crippen LogP contribution in [0.25, 0.3) is 0 Å². The molecule has 0 spiro atoms. The third-order valence-electron chi connectivity index (χ3n) is 3.24. The van der Waals surface area contributed by atoms with Crippen LogP contribution in [0, 0.1) is 6.92 Å². The van der Waals surface area contributed by atoms with Crippen LogP contribution in [-0.2, 0) is 16.1 Å². The van der Waals surface area contributed by atoms with Crippen LogP contribution in [-0.4, -0.2) is 30.6 Å². The molecular weight excluding hydrogens is 218 g/mol. The Kier molecular flexibility index (Phi) is 3.84. The summed E-state index contributed by atoms with van der Waals surface area (Å²) in [6.07, 6.45) is 3.10. The molecule has 1 aromatic rings. The van der Waals surface area contributed by atoms with Gasteiger partial charge in [-0.1, -0.05) is 6.42 Å². The van der Waals surface area contributed by atoms with Crippen LogP contribution in [0.1, 0.15) is 30.8 Å². The topological polar surface area (TPSA) is 42.7 Å². The van der Waals surface area contributed by atoms with Crippen molar-refractivity contribution in [3.63, 3.8) is 0 Å². The number of methoxy groups -OCH3 is 1. The molecule has 1 aromatic heterocycles. The van der Waals surface area contributed by atoms with Crippen molar-refractivity contribution in [2.45, 2.75) is 38.8 Å². The molecule has 0 aromatic carbocycles. The Morgan fingerprint density at radius 2 is 2.35 bits per heavy atom. The highest BCUT2D eigenvalue weighted by Gasteiger charge is 2.29. The fraction of sp³-hybridized carbons (Fsp3) is 0.615. The molecule has 0 radical (unpaired) electrons. The maximum absolute atomic E-state index is 11.7. The molecule has 2 rings (SSSR count). The monoisotopic (exact) mass is 237 g/mol. The number of esters is 1. The van der Waals surface area contributed by atoms with Crippen molar-refractivity contribution in [3.8, 4) is 0 Å². The Labute approximate surface area is 102 Å². The van der Waals surface area contributed by atoms with E-state index in [9.17, 15) is 4.79 Å². The Morgan fingerprint density at radius 1 is 1.53 bits per heavy atom. The van der Waals surface area contributed by atoms with Gasteiger partial charge in [0.25, 0.3) is 0 Å². The molecule has 0 aliphatic carbocycles. The lowest BCUT2D eigenvalue weighted by atomic mass is 10.0. The second kappa shape index (κ2) is 5.36. The molecular formula is C13H19NO3. The second-order valence-corrected chi connectivity index (χ2v) is 4.52. The summed E-state index contributed by atoms with van der Waals surface area (Å²) in [6, 6.07) is 3.81. The SMILES string of the molecule is COC(=O)[C@H]1CCCCN1Cc1ccc(C)o1. The summed E-state index contributed by atoms with van der Waals surface area (Å²) in [6.45, 7) is 3.55. The fourth-order valence-electron chi connectivity index (χ4n) is 2.35. The van der Waals surface area contributed by atoms with Gasteiger partial charge in [0, 0.05) is 0 Å². The molecule has 1 atom stereocenters. The fourth-order valence-corrected chi connectivity index (χ4v) is 2.35. The Morgan fingerprint density at radius 3 is 3.00 bits per heavy atom.